The topological polar surface area (TPSA) is 109 Å². The molecular weight excluding hydrogens is 618 g/mol. The molecule has 1 aliphatic rings. The van der Waals surface area contributed by atoms with Gasteiger partial charge in [0.2, 0.25) is 0 Å². The number of rotatable bonds is 8. The second-order valence-electron chi connectivity index (χ2n) is 11.0. The fraction of sp³-hybridized carbons (Fsp3) is 0.278. The van der Waals surface area contributed by atoms with Crippen molar-refractivity contribution in [1.29, 1.82) is 0 Å². The van der Waals surface area contributed by atoms with E-state index in [9.17, 15) is 9.59 Å². The van der Waals surface area contributed by atoms with Gasteiger partial charge in [-0.05, 0) is 51.7 Å². The van der Waals surface area contributed by atoms with Crippen LogP contribution in [-0.2, 0) is 51.4 Å². The van der Waals surface area contributed by atoms with Gasteiger partial charge in [0.1, 0.15) is 0 Å². The summed E-state index contributed by atoms with van der Waals surface area (Å²) in [4.78, 5) is 44.3. The molecule has 0 atom stereocenters. The Morgan fingerprint density at radius 1 is 0.600 bits per heavy atom. The van der Waals surface area contributed by atoms with Gasteiger partial charge >= 0.3 is 11.9 Å². The van der Waals surface area contributed by atoms with Gasteiger partial charge in [-0.25, -0.2) is 0 Å². The minimum atomic E-state index is -0.295. The molecule has 0 radical (unpaired) electrons. The molecule has 0 spiro atoms. The minimum absolute atomic E-state index is 0. The van der Waals surface area contributed by atoms with Gasteiger partial charge in [0, 0.05) is 32.3 Å². The van der Waals surface area contributed by atoms with E-state index in [0.29, 0.717) is 23.9 Å². The standard InChI is InChI=1S/C36H36N4O4.Zn/c1-9-23-19(3)27-15-28-21(5)25(11-13-35(41)43-7)33(39-28)18-34-26(12-14-36(42)44-8)22(6)30(40-34)17-32-24(10-2)20(4)29(38-32)16-31(23)37-27;/h9-10,15-18H,1-2,11-14H2,3-8H3;/q-4;/b27-15-,28-15?,29-16?,30-17-,31-16-,32-17?,33-18?,34-18-;. The maximum atomic E-state index is 12.1. The predicted molar refractivity (Wildman–Crippen MR) is 172 cm³/mol. The van der Waals surface area contributed by atoms with Crippen LogP contribution in [0.4, 0.5) is 0 Å². The summed E-state index contributed by atoms with van der Waals surface area (Å²) in [5.74, 6) is -0.589. The van der Waals surface area contributed by atoms with Crippen LogP contribution in [-0.4, -0.2) is 26.2 Å². The number of carbonyl (C=O) groups is 2. The molecule has 0 aromatic carbocycles. The van der Waals surface area contributed by atoms with Crippen molar-refractivity contribution in [1.82, 2.24) is 19.9 Å². The zero-order valence-electron chi connectivity index (χ0n) is 26.8. The molecule has 0 fully saturated rings. The van der Waals surface area contributed by atoms with Crippen LogP contribution >= 0.6 is 0 Å². The van der Waals surface area contributed by atoms with Crippen LogP contribution in [0.3, 0.4) is 0 Å². The number of ether oxygens (including phenoxy) is 2. The van der Waals surface area contributed by atoms with Gasteiger partial charge in [0.05, 0.1) is 14.2 Å². The van der Waals surface area contributed by atoms with Gasteiger partial charge < -0.3 is 29.4 Å². The van der Waals surface area contributed by atoms with Crippen LogP contribution < -0.4 is 41.3 Å². The van der Waals surface area contributed by atoms with Gasteiger partial charge in [-0.3, -0.25) is 9.59 Å². The normalized spacial score (nSPS) is 14.7. The molecule has 5 heterocycles. The number of esters is 2. The van der Waals surface area contributed by atoms with Crippen LogP contribution in [0, 0.1) is 27.7 Å². The third-order valence-electron chi connectivity index (χ3n) is 8.50. The molecule has 0 saturated heterocycles. The Hall–Kier alpha value is -4.36. The monoisotopic (exact) mass is 652 g/mol. The quantitative estimate of drug-likeness (QED) is 0.185. The number of methoxy groups -OCH3 is 2. The Morgan fingerprint density at radius 3 is 1.71 bits per heavy atom. The van der Waals surface area contributed by atoms with Crippen LogP contribution in [0.2, 0.25) is 0 Å². The molecule has 8 bridgehead atoms. The van der Waals surface area contributed by atoms with E-state index in [0.717, 1.165) is 77.6 Å². The summed E-state index contributed by atoms with van der Waals surface area (Å²) in [6, 6.07) is 0. The molecule has 0 amide bonds. The summed E-state index contributed by atoms with van der Waals surface area (Å²) in [7, 11) is 2.78. The van der Waals surface area contributed by atoms with E-state index in [2.05, 4.69) is 13.2 Å². The second-order valence-corrected chi connectivity index (χ2v) is 11.0. The zero-order valence-corrected chi connectivity index (χ0v) is 29.8. The maximum Gasteiger partial charge on any atom is 0.305 e. The molecular formula is C36H36N4O4Zn-4. The van der Waals surface area contributed by atoms with Gasteiger partial charge in [-0.15, -0.1) is 44.2 Å². The van der Waals surface area contributed by atoms with Crippen molar-refractivity contribution < 1.29 is 38.5 Å². The van der Waals surface area contributed by atoms with Crippen molar-refractivity contribution in [2.24, 2.45) is 0 Å². The van der Waals surface area contributed by atoms with Crippen molar-refractivity contribution >= 4 is 48.4 Å². The van der Waals surface area contributed by atoms with Crippen LogP contribution in [0.1, 0.15) is 80.1 Å². The summed E-state index contributed by atoms with van der Waals surface area (Å²) in [6.07, 6.45) is 12.8. The summed E-state index contributed by atoms with van der Waals surface area (Å²) >= 11 is 0. The van der Waals surface area contributed by atoms with Crippen molar-refractivity contribution in [3.05, 3.63) is 102 Å². The first-order chi connectivity index (χ1) is 21.1. The summed E-state index contributed by atoms with van der Waals surface area (Å²) < 4.78 is 9.86. The fourth-order valence-corrected chi connectivity index (χ4v) is 5.81. The van der Waals surface area contributed by atoms with Crippen molar-refractivity contribution in [2.75, 3.05) is 14.2 Å². The molecule has 0 N–H and O–H groups in total. The smallest absolute Gasteiger partial charge is 0.305 e. The number of aromatic nitrogens is 4. The molecule has 0 saturated carbocycles. The van der Waals surface area contributed by atoms with Gasteiger partial charge in [-0.2, -0.15) is 0 Å². The minimum Gasteiger partial charge on any atom is -0.657 e. The van der Waals surface area contributed by atoms with Gasteiger partial charge in [0.25, 0.3) is 0 Å². The Morgan fingerprint density at radius 2 is 1.09 bits per heavy atom. The van der Waals surface area contributed by atoms with E-state index in [1.165, 1.54) is 14.2 Å². The Bertz CT molecular complexity index is 2070. The zero-order chi connectivity index (χ0) is 31.7. The first-order valence-corrected chi connectivity index (χ1v) is 14.5. The average Bonchev–Trinajstić information content (AvgIpc) is 3.67. The molecule has 8 nitrogen and oxygen atoms in total. The summed E-state index contributed by atoms with van der Waals surface area (Å²) in [5.41, 5.74) is 10.6. The molecule has 45 heavy (non-hydrogen) atoms. The SMILES string of the molecule is C=Cc1c2[n-]c(c1C)/C=c1\[n-]/c(c(C)c1C=C)=C\c1[n-]c(c(CCC(=O)OC)c1C)/C=c1\[n-]/c(c(C)c1CCC(=O)OC)=C\2.[Zn]. The Balaban J connectivity index is 0.00000461. The van der Waals surface area contributed by atoms with E-state index in [-0.39, 0.29) is 44.3 Å². The van der Waals surface area contributed by atoms with Crippen LogP contribution in [0.15, 0.2) is 13.2 Å². The first kappa shape index (κ1) is 33.5. The molecule has 230 valence electrons. The van der Waals surface area contributed by atoms with E-state index in [1.54, 1.807) is 0 Å². The molecule has 9 heteroatoms. The first-order valence-electron chi connectivity index (χ1n) is 14.5. The Labute approximate surface area is 275 Å². The largest absolute Gasteiger partial charge is 0.657 e. The van der Waals surface area contributed by atoms with Gasteiger partial charge in [0.15, 0.2) is 0 Å². The van der Waals surface area contributed by atoms with E-state index in [1.807, 2.05) is 64.2 Å². The summed E-state index contributed by atoms with van der Waals surface area (Å²) in [6.45, 7) is 16.2. The fourth-order valence-electron chi connectivity index (χ4n) is 5.81. The third kappa shape index (κ3) is 6.41. The Kier molecular flexibility index (Phi) is 10.2. The van der Waals surface area contributed by atoms with E-state index < -0.39 is 0 Å². The van der Waals surface area contributed by atoms with E-state index in [4.69, 9.17) is 29.4 Å². The summed E-state index contributed by atoms with van der Waals surface area (Å²) in [5, 5.41) is 3.02. The van der Waals surface area contributed by atoms with Crippen molar-refractivity contribution in [3.63, 3.8) is 0 Å². The number of nitrogens with zero attached hydrogens (tertiary/aromatic N) is 4. The maximum absolute atomic E-state index is 12.1. The second kappa shape index (κ2) is 13.7. The predicted octanol–water partition coefficient (Wildman–Crippen LogP) is 1.87. The average molecular weight is 654 g/mol. The number of carbonyl (C=O) groups excluding carboxylic acids is 2. The third-order valence-corrected chi connectivity index (χ3v) is 8.50. The molecule has 0 unspecified atom stereocenters. The molecule has 4 aromatic heterocycles. The molecule has 0 aliphatic carbocycles. The number of hydrogen-bond acceptors (Lipinski definition) is 4. The van der Waals surface area contributed by atoms with Crippen LogP contribution in [0.25, 0.3) is 36.5 Å². The number of hydrogen-bond donors (Lipinski definition) is 0. The van der Waals surface area contributed by atoms with Crippen molar-refractivity contribution in [2.45, 2.75) is 53.4 Å². The molecule has 1 aliphatic heterocycles. The molecule has 5 rings (SSSR count). The van der Waals surface area contributed by atoms with E-state index >= 15 is 0 Å². The van der Waals surface area contributed by atoms with Crippen molar-refractivity contribution in [3.8, 4) is 0 Å². The number of fused-ring (bicyclic) bond motifs is 8. The van der Waals surface area contributed by atoms with Gasteiger partial charge in [-0.1, -0.05) is 83.0 Å². The molecule has 4 aromatic rings. The van der Waals surface area contributed by atoms with Crippen LogP contribution in [0.5, 0.6) is 0 Å².